The summed E-state index contributed by atoms with van der Waals surface area (Å²) in [4.78, 5) is 0. The van der Waals surface area contributed by atoms with Crippen molar-refractivity contribution in [3.8, 4) is 0 Å². The molecule has 0 aliphatic carbocycles. The van der Waals surface area contributed by atoms with E-state index < -0.39 is 39.0 Å². The zero-order valence-electron chi connectivity index (χ0n) is 12.7. The summed E-state index contributed by atoms with van der Waals surface area (Å²) in [7, 11) is -4.39. The van der Waals surface area contributed by atoms with Gasteiger partial charge in [0.25, 0.3) is 0 Å². The van der Waals surface area contributed by atoms with E-state index in [2.05, 4.69) is 13.3 Å². The van der Waals surface area contributed by atoms with Gasteiger partial charge in [0, 0.05) is 20.8 Å². The smallest absolute Gasteiger partial charge is 0.373 e. The van der Waals surface area contributed by atoms with Crippen molar-refractivity contribution in [3.63, 3.8) is 0 Å². The van der Waals surface area contributed by atoms with E-state index in [4.69, 9.17) is 0 Å². The van der Waals surface area contributed by atoms with Gasteiger partial charge in [-0.25, -0.2) is 4.39 Å². The molecule has 11 heteroatoms. The number of alkyl halides is 7. The van der Waals surface area contributed by atoms with Crippen LogP contribution >= 0.6 is 0 Å². The molecule has 0 aromatic heterocycles. The van der Waals surface area contributed by atoms with E-state index in [1.54, 1.807) is 0 Å². The number of rotatable bonds is 9. The van der Waals surface area contributed by atoms with Crippen molar-refractivity contribution < 1.29 is 44.0 Å². The summed E-state index contributed by atoms with van der Waals surface area (Å²) < 4.78 is 108. The highest BCUT2D eigenvalue weighted by atomic mass is 28.4. The van der Waals surface area contributed by atoms with Crippen LogP contribution in [0.15, 0.2) is 0 Å². The van der Waals surface area contributed by atoms with E-state index in [1.165, 1.54) is 13.8 Å². The minimum Gasteiger partial charge on any atom is -0.373 e. The molecule has 0 saturated heterocycles. The Morgan fingerprint density at radius 2 is 1.32 bits per heavy atom. The van der Waals surface area contributed by atoms with Crippen molar-refractivity contribution in [2.45, 2.75) is 44.3 Å². The first-order valence-corrected chi connectivity index (χ1v) is 7.97. The topological polar surface area (TPSA) is 27.7 Å². The molecule has 0 aromatic carbocycles. The maximum Gasteiger partial charge on any atom is 0.581 e. The van der Waals surface area contributed by atoms with Gasteiger partial charge in [-0.1, -0.05) is 13.8 Å². The highest BCUT2D eigenvalue weighted by Gasteiger charge is 2.85. The molecule has 0 fully saturated rings. The predicted octanol–water partition coefficient (Wildman–Crippen LogP) is 3.69. The van der Waals surface area contributed by atoms with Crippen LogP contribution < -0.4 is 0 Å². The van der Waals surface area contributed by atoms with Gasteiger partial charge in [-0.3, -0.25) is 0 Å². The largest absolute Gasteiger partial charge is 0.581 e. The van der Waals surface area contributed by atoms with Gasteiger partial charge in [-0.2, -0.15) is 26.3 Å². The van der Waals surface area contributed by atoms with Gasteiger partial charge in [-0.15, -0.1) is 0 Å². The third-order valence-corrected chi connectivity index (χ3v) is 5.55. The van der Waals surface area contributed by atoms with Crippen LogP contribution in [0.3, 0.4) is 0 Å². The molecule has 0 radical (unpaired) electrons. The lowest BCUT2D eigenvalue weighted by Gasteiger charge is -2.40. The first-order valence-electron chi connectivity index (χ1n) is 6.25. The Bertz CT molecular complexity index is 360. The second-order valence-corrected chi connectivity index (χ2v) is 7.90. The average Bonchev–Trinajstić information content (AvgIpc) is 2.39. The van der Waals surface area contributed by atoms with Gasteiger partial charge in [0.2, 0.25) is 0 Å². The lowest BCUT2D eigenvalue weighted by Crippen LogP contribution is -2.72. The van der Waals surface area contributed by atoms with Crippen LogP contribution in [-0.4, -0.2) is 53.2 Å². The van der Waals surface area contributed by atoms with Crippen molar-refractivity contribution in [1.82, 2.24) is 0 Å². The SMILES string of the molecule is CO[Si](OC)(OCC(C)C)C(F)(F)C(F)(F)C(F)(F)C(C)F. The minimum atomic E-state index is -6.07. The van der Waals surface area contributed by atoms with Gasteiger partial charge >= 0.3 is 26.2 Å². The van der Waals surface area contributed by atoms with Gasteiger partial charge in [0.05, 0.1) is 0 Å². The molecule has 0 bridgehead atoms. The Kier molecular flexibility index (Phi) is 6.89. The fourth-order valence-electron chi connectivity index (χ4n) is 1.48. The molecule has 22 heavy (non-hydrogen) atoms. The second kappa shape index (κ2) is 7.01. The molecule has 1 atom stereocenters. The Labute approximate surface area is 125 Å². The summed E-state index contributed by atoms with van der Waals surface area (Å²) in [5, 5.41) is 0. The molecule has 0 aromatic rings. The molecule has 0 rings (SSSR count). The van der Waals surface area contributed by atoms with Crippen molar-refractivity contribution >= 4 is 8.80 Å². The molecule has 0 N–H and O–H groups in total. The van der Waals surface area contributed by atoms with E-state index in [9.17, 15) is 30.7 Å². The van der Waals surface area contributed by atoms with Gasteiger partial charge in [0.1, 0.15) is 0 Å². The third kappa shape index (κ3) is 3.41. The molecule has 3 nitrogen and oxygen atoms in total. The zero-order valence-corrected chi connectivity index (χ0v) is 13.7. The van der Waals surface area contributed by atoms with Crippen molar-refractivity contribution in [2.24, 2.45) is 5.92 Å². The van der Waals surface area contributed by atoms with E-state index in [-0.39, 0.29) is 12.8 Å². The average molecular weight is 360 g/mol. The lowest BCUT2D eigenvalue weighted by molar-refractivity contribution is -0.312. The lowest BCUT2D eigenvalue weighted by atomic mass is 10.1. The predicted molar refractivity (Wildman–Crippen MR) is 66.0 cm³/mol. The van der Waals surface area contributed by atoms with Crippen LogP contribution in [0.25, 0.3) is 0 Å². The van der Waals surface area contributed by atoms with E-state index >= 15 is 0 Å². The van der Waals surface area contributed by atoms with Gasteiger partial charge in [0.15, 0.2) is 6.17 Å². The van der Waals surface area contributed by atoms with Crippen molar-refractivity contribution in [2.75, 3.05) is 20.8 Å². The van der Waals surface area contributed by atoms with E-state index in [1.807, 2.05) is 0 Å². The monoisotopic (exact) mass is 360 g/mol. The quantitative estimate of drug-likeness (QED) is 0.464. The summed E-state index contributed by atoms with van der Waals surface area (Å²) >= 11 is 0. The van der Waals surface area contributed by atoms with E-state index in [0.29, 0.717) is 14.2 Å². The Balaban J connectivity index is 5.88. The first kappa shape index (κ1) is 21.6. The Hall–Kier alpha value is -0.393. The maximum absolute atomic E-state index is 14.1. The van der Waals surface area contributed by atoms with Crippen LogP contribution in [0.1, 0.15) is 20.8 Å². The molecule has 0 amide bonds. The normalized spacial score (nSPS) is 16.2. The minimum absolute atomic E-state index is 0.0573. The summed E-state index contributed by atoms with van der Waals surface area (Å²) in [6.07, 6.45) is -3.51. The van der Waals surface area contributed by atoms with Crippen molar-refractivity contribution in [3.05, 3.63) is 0 Å². The number of hydrogen-bond acceptors (Lipinski definition) is 3. The maximum atomic E-state index is 14.1. The Morgan fingerprint density at radius 3 is 1.59 bits per heavy atom. The molecule has 0 heterocycles. The molecule has 1 unspecified atom stereocenters. The standard InChI is InChI=1S/C11H19F7O3Si/c1-7(2)6-21-22(19-4,20-5)11(17,18)10(15,16)9(13,14)8(3)12/h7-8H,6H2,1-5H3. The molecular weight excluding hydrogens is 341 g/mol. The van der Waals surface area contributed by atoms with Crippen LogP contribution in [0.5, 0.6) is 0 Å². The highest BCUT2D eigenvalue weighted by molar-refractivity contribution is 6.63. The van der Waals surface area contributed by atoms with Gasteiger partial charge in [-0.05, 0) is 12.8 Å². The first-order chi connectivity index (χ1) is 9.73. The molecule has 0 saturated carbocycles. The fraction of sp³-hybridized carbons (Fsp3) is 1.00. The Morgan fingerprint density at radius 1 is 0.909 bits per heavy atom. The molecular formula is C11H19F7O3Si. The second-order valence-electron chi connectivity index (χ2n) is 5.06. The highest BCUT2D eigenvalue weighted by Crippen LogP contribution is 2.52. The van der Waals surface area contributed by atoms with E-state index in [0.717, 1.165) is 0 Å². The van der Waals surface area contributed by atoms with Crippen LogP contribution in [0, 0.1) is 5.92 Å². The zero-order chi connectivity index (χ0) is 18.0. The fourth-order valence-corrected chi connectivity index (χ4v) is 3.68. The summed E-state index contributed by atoms with van der Waals surface area (Å²) in [5.74, 6) is -12.1. The number of hydrogen-bond donors (Lipinski definition) is 0. The summed E-state index contributed by atoms with van der Waals surface area (Å²) in [5.41, 5.74) is -5.54. The molecule has 0 aliphatic rings. The van der Waals surface area contributed by atoms with Crippen LogP contribution in [0.2, 0.25) is 0 Å². The molecule has 0 spiro atoms. The summed E-state index contributed by atoms with van der Waals surface area (Å²) in [6, 6.07) is 0. The third-order valence-electron chi connectivity index (χ3n) is 2.84. The van der Waals surface area contributed by atoms with Crippen molar-refractivity contribution in [1.29, 1.82) is 0 Å². The van der Waals surface area contributed by atoms with Crippen LogP contribution in [0.4, 0.5) is 30.7 Å². The van der Waals surface area contributed by atoms with Crippen LogP contribution in [-0.2, 0) is 13.3 Å². The summed E-state index contributed by atoms with van der Waals surface area (Å²) in [6.45, 7) is 2.59. The van der Waals surface area contributed by atoms with Gasteiger partial charge < -0.3 is 13.3 Å². The number of halogens is 7. The molecule has 0 aliphatic heterocycles. The molecule has 134 valence electrons.